The highest BCUT2D eigenvalue weighted by molar-refractivity contribution is 5.98. The molecule has 9 amide bonds. The summed E-state index contributed by atoms with van der Waals surface area (Å²) in [5, 5.41) is 82.2. The number of unbranched alkanes of at least 4 members (excludes halogenated alkanes) is 1. The largest absolute Gasteiger partial charge is 0.508 e. The van der Waals surface area contributed by atoms with Crippen molar-refractivity contribution in [1.82, 2.24) is 53.2 Å². The summed E-state index contributed by atoms with van der Waals surface area (Å²) >= 11 is 0. The third kappa shape index (κ3) is 19.8. The van der Waals surface area contributed by atoms with Gasteiger partial charge in [0.05, 0.1) is 39.0 Å². The van der Waals surface area contributed by atoms with E-state index in [-0.39, 0.29) is 31.6 Å². The third-order valence-electron chi connectivity index (χ3n) is 11.2. The molecular formula is C43H69N11O16. The lowest BCUT2D eigenvalue weighted by atomic mass is 9.97. The van der Waals surface area contributed by atoms with Gasteiger partial charge >= 0.3 is 5.97 Å². The van der Waals surface area contributed by atoms with Crippen LogP contribution in [0.15, 0.2) is 24.3 Å². The number of nitrogens with one attached hydrogen (secondary N) is 10. The first-order valence-corrected chi connectivity index (χ1v) is 22.8. The van der Waals surface area contributed by atoms with Crippen molar-refractivity contribution in [3.05, 3.63) is 29.8 Å². The van der Waals surface area contributed by atoms with Crippen LogP contribution >= 0.6 is 0 Å². The quantitative estimate of drug-likeness (QED) is 0.0307. The van der Waals surface area contributed by atoms with Crippen LogP contribution < -0.4 is 58.9 Å². The lowest BCUT2D eigenvalue weighted by Gasteiger charge is -2.29. The van der Waals surface area contributed by atoms with Crippen LogP contribution in [0.1, 0.15) is 64.9 Å². The number of aliphatic carboxylic acids is 1. The summed E-state index contributed by atoms with van der Waals surface area (Å²) in [4.78, 5) is 130. The summed E-state index contributed by atoms with van der Waals surface area (Å²) in [5.41, 5.74) is 6.01. The van der Waals surface area contributed by atoms with Gasteiger partial charge in [0, 0.05) is 6.42 Å². The molecule has 0 bridgehead atoms. The Morgan fingerprint density at radius 1 is 0.643 bits per heavy atom. The number of phenolic OH excluding ortho intramolecular Hbond substituents is 1. The normalized spacial score (nSPS) is 17.0. The zero-order valence-corrected chi connectivity index (χ0v) is 39.3. The molecule has 1 aromatic rings. The van der Waals surface area contributed by atoms with E-state index < -0.39 is 152 Å². The van der Waals surface area contributed by atoms with E-state index in [0.29, 0.717) is 31.4 Å². The Balaban J connectivity index is 2.19. The van der Waals surface area contributed by atoms with Crippen LogP contribution in [-0.2, 0) is 54.4 Å². The van der Waals surface area contributed by atoms with E-state index >= 15 is 0 Å². The van der Waals surface area contributed by atoms with Gasteiger partial charge in [-0.25, -0.2) is 4.79 Å². The summed E-state index contributed by atoms with van der Waals surface area (Å²) < 4.78 is 0. The molecule has 0 saturated carbocycles. The minimum absolute atomic E-state index is 0.0167. The highest BCUT2D eigenvalue weighted by Crippen LogP contribution is 2.13. The lowest BCUT2D eigenvalue weighted by molar-refractivity contribution is -0.143. The van der Waals surface area contributed by atoms with Crippen molar-refractivity contribution in [2.24, 2.45) is 11.7 Å². The van der Waals surface area contributed by atoms with Gasteiger partial charge in [-0.2, -0.15) is 0 Å². The van der Waals surface area contributed by atoms with Crippen molar-refractivity contribution in [3.8, 4) is 5.75 Å². The van der Waals surface area contributed by atoms with Crippen LogP contribution in [0.4, 0.5) is 0 Å². The molecule has 27 heteroatoms. The van der Waals surface area contributed by atoms with Crippen LogP contribution in [0.25, 0.3) is 0 Å². The number of hydrogen-bond donors (Lipinski definition) is 17. The van der Waals surface area contributed by atoms with Gasteiger partial charge in [-0.05, 0) is 75.7 Å². The molecule has 10 atom stereocenters. The van der Waals surface area contributed by atoms with Crippen molar-refractivity contribution >= 4 is 59.1 Å². The first kappa shape index (κ1) is 59.6. The van der Waals surface area contributed by atoms with E-state index in [9.17, 15) is 73.5 Å². The monoisotopic (exact) mass is 995 g/mol. The average Bonchev–Trinajstić information content (AvgIpc) is 3.89. The number of carbonyl (C=O) groups is 10. The number of carbonyl (C=O) groups excluding carboxylic acids is 9. The molecule has 2 rings (SSSR count). The number of benzene rings is 1. The number of nitrogens with two attached hydrogens (primary N) is 1. The van der Waals surface area contributed by atoms with E-state index in [1.54, 1.807) is 13.8 Å². The highest BCUT2D eigenvalue weighted by Gasteiger charge is 2.35. The minimum Gasteiger partial charge on any atom is -0.508 e. The number of carboxylic acid groups (broad SMARTS) is 1. The summed E-state index contributed by atoms with van der Waals surface area (Å²) in [5.74, 6) is -10.6. The molecule has 0 spiro atoms. The number of aliphatic hydroxyl groups excluding tert-OH is 4. The molecule has 0 aliphatic carbocycles. The molecule has 1 aliphatic heterocycles. The zero-order valence-electron chi connectivity index (χ0n) is 39.3. The van der Waals surface area contributed by atoms with Crippen molar-refractivity contribution in [2.45, 2.75) is 120 Å². The van der Waals surface area contributed by atoms with Gasteiger partial charge in [0.15, 0.2) is 0 Å². The first-order chi connectivity index (χ1) is 33.2. The molecule has 392 valence electrons. The van der Waals surface area contributed by atoms with Crippen molar-refractivity contribution in [1.29, 1.82) is 0 Å². The van der Waals surface area contributed by atoms with Gasteiger partial charge in [0.2, 0.25) is 53.2 Å². The fourth-order valence-electron chi connectivity index (χ4n) is 6.76. The maximum absolute atomic E-state index is 13.8. The maximum Gasteiger partial charge on any atom is 0.328 e. The number of aliphatic hydroxyl groups is 4. The molecule has 18 N–H and O–H groups in total. The molecule has 1 aromatic carbocycles. The number of phenols is 1. The minimum atomic E-state index is -1.80. The summed E-state index contributed by atoms with van der Waals surface area (Å²) in [7, 11) is 0. The van der Waals surface area contributed by atoms with Gasteiger partial charge in [0.25, 0.3) is 0 Å². The average molecular weight is 996 g/mol. The Hall–Kier alpha value is -6.52. The van der Waals surface area contributed by atoms with Gasteiger partial charge in [0.1, 0.15) is 54.1 Å². The third-order valence-corrected chi connectivity index (χ3v) is 11.2. The van der Waals surface area contributed by atoms with E-state index in [4.69, 9.17) is 10.8 Å². The Labute approximate surface area is 403 Å². The van der Waals surface area contributed by atoms with Crippen molar-refractivity contribution in [3.63, 3.8) is 0 Å². The molecule has 1 saturated heterocycles. The highest BCUT2D eigenvalue weighted by atomic mass is 16.4. The molecule has 27 nitrogen and oxygen atoms in total. The van der Waals surface area contributed by atoms with Gasteiger partial charge in [-0.1, -0.05) is 32.4 Å². The fourth-order valence-corrected chi connectivity index (χ4v) is 6.76. The molecule has 70 heavy (non-hydrogen) atoms. The lowest BCUT2D eigenvalue weighted by Crippen LogP contribution is -2.62. The van der Waals surface area contributed by atoms with Crippen LogP contribution in [0, 0.1) is 5.92 Å². The van der Waals surface area contributed by atoms with Crippen molar-refractivity contribution in [2.75, 3.05) is 46.1 Å². The Morgan fingerprint density at radius 2 is 1.17 bits per heavy atom. The van der Waals surface area contributed by atoms with E-state index in [0.717, 1.165) is 6.42 Å². The second-order valence-electron chi connectivity index (χ2n) is 16.6. The second-order valence-corrected chi connectivity index (χ2v) is 16.6. The molecule has 0 aromatic heterocycles. The topological polar surface area (TPSA) is 438 Å². The molecular weight excluding hydrogens is 927 g/mol. The summed E-state index contributed by atoms with van der Waals surface area (Å²) in [6.45, 7) is 0.812. The second kappa shape index (κ2) is 30.9. The van der Waals surface area contributed by atoms with Crippen molar-refractivity contribution < 1.29 is 78.6 Å². The maximum atomic E-state index is 13.8. The fraction of sp³-hybridized carbons (Fsp3) is 0.628. The molecule has 1 heterocycles. The van der Waals surface area contributed by atoms with Crippen LogP contribution in [0.5, 0.6) is 5.75 Å². The number of aromatic hydroxyl groups is 1. The van der Waals surface area contributed by atoms with E-state index in [1.165, 1.54) is 31.2 Å². The summed E-state index contributed by atoms with van der Waals surface area (Å²) in [6, 6.07) is -7.22. The number of rotatable bonds is 31. The Morgan fingerprint density at radius 3 is 1.70 bits per heavy atom. The number of carboxylic acids is 1. The van der Waals surface area contributed by atoms with Gasteiger partial charge < -0.3 is 89.5 Å². The van der Waals surface area contributed by atoms with Crippen LogP contribution in [0.3, 0.4) is 0 Å². The van der Waals surface area contributed by atoms with E-state index in [1.807, 2.05) is 0 Å². The zero-order chi connectivity index (χ0) is 52.5. The predicted molar refractivity (Wildman–Crippen MR) is 245 cm³/mol. The Kier molecular flexibility index (Phi) is 26.3. The van der Waals surface area contributed by atoms with E-state index in [2.05, 4.69) is 53.2 Å². The van der Waals surface area contributed by atoms with Gasteiger partial charge in [-0.3, -0.25) is 43.2 Å². The van der Waals surface area contributed by atoms with Crippen LogP contribution in [-0.4, -0.2) is 190 Å². The Bertz CT molecular complexity index is 1940. The van der Waals surface area contributed by atoms with Crippen LogP contribution in [0.2, 0.25) is 0 Å². The number of hydrogen-bond acceptors (Lipinski definition) is 17. The number of amides is 9. The standard InChI is InChI=1S/C43H69N11O16/c1-4-22(2)34(42(68)49-27(8-5-6-14-44)38(64)47-23(3)35(61)53-32(21-58)43(69)70)54-41(67)31(20-57)52-40(66)30(19-56)51-39(65)28(16-24-10-12-25(59)13-11-24)48-33(60)17-46-36(62)29(18-55)50-37(63)26-9-7-15-45-26/h10-13,22-23,26-32,34,45,55-59H,4-9,14-21,44H2,1-3H3,(H,46,62)(H,47,64)(H,48,60)(H,49,68)(H,50,63)(H,51,65)(H,52,66)(H,53,61)(H,54,67)(H,69,70)/t22-,23-,26-,27-,28-,29-,30-,31-,32-,34-/m0/s1. The molecule has 0 unspecified atom stereocenters. The molecule has 1 aliphatic rings. The SMILES string of the molecule is CC[C@H](C)[C@H](NC(=O)[C@H](CO)NC(=O)[C@H](CO)NC(=O)[C@H](Cc1ccc(O)cc1)NC(=O)CNC(=O)[C@H](CO)NC(=O)[C@@H]1CCCN1)C(=O)N[C@@H](CCCCN)C(=O)N[C@@H](C)C(=O)N[C@@H](CO)C(=O)O. The first-order valence-electron chi connectivity index (χ1n) is 22.8. The predicted octanol–water partition coefficient (Wildman–Crippen LogP) is -7.07. The molecule has 1 fully saturated rings. The molecule has 0 radical (unpaired) electrons. The smallest absolute Gasteiger partial charge is 0.328 e. The summed E-state index contributed by atoms with van der Waals surface area (Å²) in [6.07, 6.45) is 2.09. The van der Waals surface area contributed by atoms with Gasteiger partial charge in [-0.15, -0.1) is 0 Å².